The molecule has 0 saturated carbocycles. The number of furan rings is 1. The summed E-state index contributed by atoms with van der Waals surface area (Å²) in [6, 6.07) is 6.54. The van der Waals surface area contributed by atoms with Gasteiger partial charge in [0, 0.05) is 24.7 Å². The van der Waals surface area contributed by atoms with Crippen LogP contribution in [0.25, 0.3) is 0 Å². The summed E-state index contributed by atoms with van der Waals surface area (Å²) in [4.78, 5) is 0. The lowest BCUT2D eigenvalue weighted by molar-refractivity contribution is 0.425. The summed E-state index contributed by atoms with van der Waals surface area (Å²) in [5.74, 6) is 1.01. The molecule has 0 spiro atoms. The standard InChI is InChI=1S/C12H17N3O/c1-9(8-11-4-3-7-16-11)14-10(2)12-5-6-13-15-12/h3-7,9-10,14H,8H2,1-2H3,(H,13,15). The van der Waals surface area contributed by atoms with Crippen molar-refractivity contribution in [3.05, 3.63) is 42.1 Å². The van der Waals surface area contributed by atoms with Crippen LogP contribution in [0, 0.1) is 0 Å². The Hall–Kier alpha value is -1.55. The van der Waals surface area contributed by atoms with Crippen molar-refractivity contribution in [1.82, 2.24) is 15.5 Å². The van der Waals surface area contributed by atoms with E-state index >= 15 is 0 Å². The van der Waals surface area contributed by atoms with Crippen LogP contribution >= 0.6 is 0 Å². The zero-order valence-corrected chi connectivity index (χ0v) is 9.60. The number of nitrogens with zero attached hydrogens (tertiary/aromatic N) is 1. The highest BCUT2D eigenvalue weighted by Gasteiger charge is 2.11. The van der Waals surface area contributed by atoms with Crippen molar-refractivity contribution in [1.29, 1.82) is 0 Å². The molecule has 2 aromatic heterocycles. The molecule has 2 atom stereocenters. The molecule has 2 heterocycles. The molecule has 16 heavy (non-hydrogen) atoms. The summed E-state index contributed by atoms with van der Waals surface area (Å²) >= 11 is 0. The fourth-order valence-corrected chi connectivity index (χ4v) is 1.81. The van der Waals surface area contributed by atoms with Gasteiger partial charge < -0.3 is 9.73 Å². The molecule has 4 nitrogen and oxygen atoms in total. The Morgan fingerprint density at radius 3 is 2.94 bits per heavy atom. The number of H-pyrrole nitrogens is 1. The van der Waals surface area contributed by atoms with E-state index in [4.69, 9.17) is 4.42 Å². The summed E-state index contributed by atoms with van der Waals surface area (Å²) in [6.07, 6.45) is 4.37. The fraction of sp³-hybridized carbons (Fsp3) is 0.417. The molecule has 0 amide bonds. The average molecular weight is 219 g/mol. The Morgan fingerprint density at radius 2 is 2.31 bits per heavy atom. The van der Waals surface area contributed by atoms with Crippen molar-refractivity contribution in [2.24, 2.45) is 0 Å². The second-order valence-electron chi connectivity index (χ2n) is 4.08. The summed E-state index contributed by atoms with van der Waals surface area (Å²) in [7, 11) is 0. The van der Waals surface area contributed by atoms with Crippen LogP contribution in [0.5, 0.6) is 0 Å². The maximum absolute atomic E-state index is 5.32. The Labute approximate surface area is 95.1 Å². The van der Waals surface area contributed by atoms with Gasteiger partial charge >= 0.3 is 0 Å². The molecule has 0 aromatic carbocycles. The Morgan fingerprint density at radius 1 is 1.44 bits per heavy atom. The lowest BCUT2D eigenvalue weighted by Crippen LogP contribution is -2.30. The van der Waals surface area contributed by atoms with Gasteiger partial charge in [-0.05, 0) is 32.0 Å². The summed E-state index contributed by atoms with van der Waals surface area (Å²) < 4.78 is 5.32. The highest BCUT2D eigenvalue weighted by Crippen LogP contribution is 2.11. The zero-order valence-electron chi connectivity index (χ0n) is 9.60. The maximum Gasteiger partial charge on any atom is 0.105 e. The lowest BCUT2D eigenvalue weighted by atomic mass is 10.1. The van der Waals surface area contributed by atoms with Gasteiger partial charge in [-0.2, -0.15) is 5.10 Å². The van der Waals surface area contributed by atoms with E-state index in [-0.39, 0.29) is 6.04 Å². The number of hydrogen-bond acceptors (Lipinski definition) is 3. The molecular formula is C12H17N3O. The van der Waals surface area contributed by atoms with Gasteiger partial charge in [0.15, 0.2) is 0 Å². The van der Waals surface area contributed by atoms with Gasteiger partial charge in [-0.3, -0.25) is 5.10 Å². The first-order valence-electron chi connectivity index (χ1n) is 5.53. The molecule has 2 unspecified atom stereocenters. The molecule has 0 aliphatic rings. The SMILES string of the molecule is CC(Cc1ccco1)NC(C)c1ccn[nH]1. The molecule has 0 fully saturated rings. The third-order valence-corrected chi connectivity index (χ3v) is 2.61. The van der Waals surface area contributed by atoms with Crippen LogP contribution in [0.4, 0.5) is 0 Å². The van der Waals surface area contributed by atoms with Crippen molar-refractivity contribution in [2.75, 3.05) is 0 Å². The zero-order chi connectivity index (χ0) is 11.4. The summed E-state index contributed by atoms with van der Waals surface area (Å²) in [5, 5.41) is 10.4. The van der Waals surface area contributed by atoms with E-state index in [0.717, 1.165) is 17.9 Å². The van der Waals surface area contributed by atoms with Crippen molar-refractivity contribution in [3.8, 4) is 0 Å². The summed E-state index contributed by atoms with van der Waals surface area (Å²) in [5.41, 5.74) is 1.10. The minimum atomic E-state index is 0.271. The number of rotatable bonds is 5. The lowest BCUT2D eigenvalue weighted by Gasteiger charge is -2.17. The minimum Gasteiger partial charge on any atom is -0.469 e. The Bertz CT molecular complexity index is 394. The average Bonchev–Trinajstić information content (AvgIpc) is 2.88. The molecule has 2 aromatic rings. The molecule has 0 aliphatic heterocycles. The van der Waals surface area contributed by atoms with Crippen molar-refractivity contribution < 1.29 is 4.42 Å². The molecular weight excluding hydrogens is 202 g/mol. The van der Waals surface area contributed by atoms with E-state index in [1.54, 1.807) is 12.5 Å². The molecule has 4 heteroatoms. The maximum atomic E-state index is 5.32. The second-order valence-corrected chi connectivity index (χ2v) is 4.08. The Kier molecular flexibility index (Phi) is 3.41. The quantitative estimate of drug-likeness (QED) is 0.811. The predicted molar refractivity (Wildman–Crippen MR) is 62.0 cm³/mol. The van der Waals surface area contributed by atoms with E-state index in [9.17, 15) is 0 Å². The monoisotopic (exact) mass is 219 g/mol. The van der Waals surface area contributed by atoms with Crippen molar-refractivity contribution >= 4 is 0 Å². The van der Waals surface area contributed by atoms with Gasteiger partial charge in [0.1, 0.15) is 5.76 Å². The molecule has 0 bridgehead atoms. The van der Waals surface area contributed by atoms with E-state index < -0.39 is 0 Å². The third kappa shape index (κ3) is 2.73. The van der Waals surface area contributed by atoms with Gasteiger partial charge in [0.05, 0.1) is 12.0 Å². The molecule has 2 N–H and O–H groups in total. The third-order valence-electron chi connectivity index (χ3n) is 2.61. The van der Waals surface area contributed by atoms with Crippen molar-refractivity contribution in [2.45, 2.75) is 32.4 Å². The number of nitrogens with one attached hydrogen (secondary N) is 2. The normalized spacial score (nSPS) is 14.9. The number of hydrogen-bond donors (Lipinski definition) is 2. The molecule has 0 radical (unpaired) electrons. The molecule has 86 valence electrons. The van der Waals surface area contributed by atoms with Crippen LogP contribution in [0.3, 0.4) is 0 Å². The van der Waals surface area contributed by atoms with Gasteiger partial charge in [-0.15, -0.1) is 0 Å². The first kappa shape index (κ1) is 11.0. The van der Waals surface area contributed by atoms with Crippen LogP contribution in [0.15, 0.2) is 35.1 Å². The van der Waals surface area contributed by atoms with Crippen LogP contribution < -0.4 is 5.32 Å². The first-order valence-corrected chi connectivity index (χ1v) is 5.53. The first-order chi connectivity index (χ1) is 7.75. The second kappa shape index (κ2) is 4.99. The molecule has 0 saturated heterocycles. The predicted octanol–water partition coefficient (Wildman–Crippen LogP) is 2.28. The van der Waals surface area contributed by atoms with Gasteiger partial charge in [-0.25, -0.2) is 0 Å². The van der Waals surface area contributed by atoms with Gasteiger partial charge in [0.25, 0.3) is 0 Å². The highest BCUT2D eigenvalue weighted by atomic mass is 16.3. The fourth-order valence-electron chi connectivity index (χ4n) is 1.81. The smallest absolute Gasteiger partial charge is 0.105 e. The number of aromatic amines is 1. The van der Waals surface area contributed by atoms with Gasteiger partial charge in [-0.1, -0.05) is 0 Å². The van der Waals surface area contributed by atoms with Crippen molar-refractivity contribution in [3.63, 3.8) is 0 Å². The Balaban J connectivity index is 1.85. The van der Waals surface area contributed by atoms with E-state index in [0.29, 0.717) is 6.04 Å². The topological polar surface area (TPSA) is 53.9 Å². The molecule has 0 aliphatic carbocycles. The van der Waals surface area contributed by atoms with E-state index in [1.165, 1.54) is 0 Å². The van der Waals surface area contributed by atoms with E-state index in [2.05, 4.69) is 29.4 Å². The van der Waals surface area contributed by atoms with Crippen LogP contribution in [0.2, 0.25) is 0 Å². The van der Waals surface area contributed by atoms with E-state index in [1.807, 2.05) is 18.2 Å². The van der Waals surface area contributed by atoms with Crippen LogP contribution in [-0.2, 0) is 6.42 Å². The van der Waals surface area contributed by atoms with Crippen LogP contribution in [0.1, 0.15) is 31.3 Å². The largest absolute Gasteiger partial charge is 0.469 e. The summed E-state index contributed by atoms with van der Waals surface area (Å²) in [6.45, 7) is 4.27. The minimum absolute atomic E-state index is 0.271. The highest BCUT2D eigenvalue weighted by molar-refractivity contribution is 5.05. The number of aromatic nitrogens is 2. The van der Waals surface area contributed by atoms with Gasteiger partial charge in [0.2, 0.25) is 0 Å². The van der Waals surface area contributed by atoms with Crippen LogP contribution in [-0.4, -0.2) is 16.2 Å². The molecule has 2 rings (SSSR count).